The van der Waals surface area contributed by atoms with E-state index >= 15 is 0 Å². The molecular formula is C20H31N5O2. The summed E-state index contributed by atoms with van der Waals surface area (Å²) in [5.74, 6) is 0.326. The van der Waals surface area contributed by atoms with Gasteiger partial charge >= 0.3 is 0 Å². The van der Waals surface area contributed by atoms with Crippen molar-refractivity contribution in [3.63, 3.8) is 0 Å². The molecule has 0 spiro atoms. The third-order valence-corrected chi connectivity index (χ3v) is 6.22. The van der Waals surface area contributed by atoms with Crippen LogP contribution in [0, 0.1) is 0 Å². The summed E-state index contributed by atoms with van der Waals surface area (Å²) in [6.07, 6.45) is 6.06. The average Bonchev–Trinajstić information content (AvgIpc) is 3.13. The zero-order chi connectivity index (χ0) is 18.6. The topological polar surface area (TPSA) is 61.7 Å². The predicted octanol–water partition coefficient (Wildman–Crippen LogP) is 0.362. The van der Waals surface area contributed by atoms with Gasteiger partial charge in [-0.1, -0.05) is 0 Å². The van der Waals surface area contributed by atoms with Crippen LogP contribution in [0.5, 0.6) is 0 Å². The predicted molar refractivity (Wildman–Crippen MR) is 104 cm³/mol. The van der Waals surface area contributed by atoms with Gasteiger partial charge in [-0.2, -0.15) is 5.10 Å². The number of hydrogen-bond acceptors (Lipinski definition) is 5. The molecule has 1 amide bonds. The van der Waals surface area contributed by atoms with Crippen molar-refractivity contribution in [2.24, 2.45) is 0 Å². The maximum Gasteiger partial charge on any atom is 0.267 e. The number of nitrogens with zero attached hydrogens (tertiary/aromatic N) is 5. The Balaban J connectivity index is 1.20. The second-order valence-electron chi connectivity index (χ2n) is 8.05. The normalized spacial score (nSPS) is 21.6. The molecule has 0 aromatic carbocycles. The van der Waals surface area contributed by atoms with Crippen molar-refractivity contribution >= 4 is 5.91 Å². The number of rotatable bonds is 6. The number of carbonyl (C=O) groups excluding carboxylic acids is 1. The zero-order valence-corrected chi connectivity index (χ0v) is 16.2. The Kier molecular flexibility index (Phi) is 5.88. The fraction of sp³-hybridized carbons (Fsp3) is 0.750. The van der Waals surface area contributed by atoms with Gasteiger partial charge in [0, 0.05) is 64.8 Å². The molecule has 2 fully saturated rings. The molecule has 1 aromatic heterocycles. The Morgan fingerprint density at radius 2 is 1.52 bits per heavy atom. The van der Waals surface area contributed by atoms with Gasteiger partial charge in [-0.05, 0) is 37.7 Å². The molecule has 0 radical (unpaired) electrons. The van der Waals surface area contributed by atoms with Crippen LogP contribution in [0.25, 0.3) is 0 Å². The maximum atomic E-state index is 12.2. The van der Waals surface area contributed by atoms with Crippen molar-refractivity contribution < 1.29 is 4.79 Å². The summed E-state index contributed by atoms with van der Waals surface area (Å²) in [6.45, 7) is 8.45. The molecule has 4 rings (SSSR count). The number of aromatic nitrogens is 2. The number of aryl methyl sites for hydroxylation is 2. The Labute approximate surface area is 160 Å². The van der Waals surface area contributed by atoms with Crippen LogP contribution < -0.4 is 5.56 Å². The van der Waals surface area contributed by atoms with E-state index in [1.54, 1.807) is 10.7 Å². The first-order valence-corrected chi connectivity index (χ1v) is 10.5. The van der Waals surface area contributed by atoms with Crippen LogP contribution in [0.1, 0.15) is 36.9 Å². The number of carbonyl (C=O) groups is 1. The van der Waals surface area contributed by atoms with Gasteiger partial charge in [-0.25, -0.2) is 4.68 Å². The quantitative estimate of drug-likeness (QED) is 0.721. The summed E-state index contributed by atoms with van der Waals surface area (Å²) in [7, 11) is 0. The smallest absolute Gasteiger partial charge is 0.267 e. The van der Waals surface area contributed by atoms with Gasteiger partial charge in [-0.15, -0.1) is 0 Å². The SMILES string of the molecule is O=C1CCCCN1CCN1CCN(CCn2nc3c(cc2=O)CCC3)CC1. The molecule has 7 nitrogen and oxygen atoms in total. The third-order valence-electron chi connectivity index (χ3n) is 6.22. The molecular weight excluding hydrogens is 342 g/mol. The summed E-state index contributed by atoms with van der Waals surface area (Å²) in [5.41, 5.74) is 2.31. The monoisotopic (exact) mass is 373 g/mol. The van der Waals surface area contributed by atoms with E-state index in [4.69, 9.17) is 0 Å². The van der Waals surface area contributed by atoms with Crippen LogP contribution in [-0.2, 0) is 24.2 Å². The molecule has 148 valence electrons. The molecule has 2 saturated heterocycles. The van der Waals surface area contributed by atoms with E-state index in [0.717, 1.165) is 102 Å². The highest BCUT2D eigenvalue weighted by Crippen LogP contribution is 2.17. The largest absolute Gasteiger partial charge is 0.341 e. The van der Waals surface area contributed by atoms with Gasteiger partial charge in [-0.3, -0.25) is 19.4 Å². The van der Waals surface area contributed by atoms with E-state index in [9.17, 15) is 9.59 Å². The molecule has 0 N–H and O–H groups in total. The summed E-state index contributed by atoms with van der Waals surface area (Å²) >= 11 is 0. The van der Waals surface area contributed by atoms with Gasteiger partial charge in [0.1, 0.15) is 0 Å². The number of hydrogen-bond donors (Lipinski definition) is 0. The Morgan fingerprint density at radius 1 is 0.778 bits per heavy atom. The number of likely N-dealkylation sites (tertiary alicyclic amines) is 1. The van der Waals surface area contributed by atoms with Crippen LogP contribution in [0.4, 0.5) is 0 Å². The highest BCUT2D eigenvalue weighted by molar-refractivity contribution is 5.76. The first-order valence-electron chi connectivity index (χ1n) is 10.5. The van der Waals surface area contributed by atoms with Gasteiger partial charge in [0.2, 0.25) is 5.91 Å². The van der Waals surface area contributed by atoms with E-state index < -0.39 is 0 Å². The van der Waals surface area contributed by atoms with Gasteiger partial charge < -0.3 is 4.90 Å². The average molecular weight is 374 g/mol. The lowest BCUT2D eigenvalue weighted by Crippen LogP contribution is -2.50. The maximum absolute atomic E-state index is 12.2. The van der Waals surface area contributed by atoms with Crippen molar-refractivity contribution in [3.8, 4) is 0 Å². The van der Waals surface area contributed by atoms with Gasteiger partial charge in [0.25, 0.3) is 5.56 Å². The molecule has 1 aliphatic carbocycles. The fourth-order valence-electron chi connectivity index (χ4n) is 4.43. The molecule has 1 aromatic rings. The lowest BCUT2D eigenvalue weighted by atomic mass is 10.1. The number of amides is 1. The second-order valence-corrected chi connectivity index (χ2v) is 8.05. The summed E-state index contributed by atoms with van der Waals surface area (Å²) in [5, 5.41) is 4.57. The highest BCUT2D eigenvalue weighted by atomic mass is 16.2. The van der Waals surface area contributed by atoms with E-state index in [0.29, 0.717) is 12.5 Å². The van der Waals surface area contributed by atoms with Gasteiger partial charge in [0.05, 0.1) is 12.2 Å². The Hall–Kier alpha value is -1.73. The van der Waals surface area contributed by atoms with E-state index in [1.165, 1.54) is 0 Å². The molecule has 3 heterocycles. The van der Waals surface area contributed by atoms with Crippen molar-refractivity contribution in [1.29, 1.82) is 0 Å². The standard InChI is InChI=1S/C20H31N5O2/c26-19-6-1-2-7-24(19)14-12-22-8-10-23(11-9-22)13-15-25-20(27)16-17-4-3-5-18(17)21-25/h16H,1-15H2. The van der Waals surface area contributed by atoms with Gasteiger partial charge in [0.15, 0.2) is 0 Å². The fourth-order valence-corrected chi connectivity index (χ4v) is 4.43. The summed E-state index contributed by atoms with van der Waals surface area (Å²) in [6, 6.07) is 1.79. The number of piperazine rings is 1. The molecule has 0 unspecified atom stereocenters. The lowest BCUT2D eigenvalue weighted by Gasteiger charge is -2.36. The first-order chi connectivity index (χ1) is 13.2. The minimum absolute atomic E-state index is 0.0421. The van der Waals surface area contributed by atoms with Crippen LogP contribution in [0.15, 0.2) is 10.9 Å². The van der Waals surface area contributed by atoms with Crippen LogP contribution >= 0.6 is 0 Å². The number of fused-ring (bicyclic) bond motifs is 1. The summed E-state index contributed by atoms with van der Waals surface area (Å²) in [4.78, 5) is 31.0. The third kappa shape index (κ3) is 4.58. The molecule has 0 atom stereocenters. The zero-order valence-electron chi connectivity index (χ0n) is 16.2. The van der Waals surface area contributed by atoms with E-state index in [2.05, 4.69) is 14.9 Å². The van der Waals surface area contributed by atoms with Crippen molar-refractivity contribution in [2.45, 2.75) is 45.1 Å². The summed E-state index contributed by atoms with van der Waals surface area (Å²) < 4.78 is 1.65. The van der Waals surface area contributed by atoms with Crippen LogP contribution in [0.2, 0.25) is 0 Å². The Bertz CT molecular complexity index is 724. The van der Waals surface area contributed by atoms with E-state index in [1.807, 2.05) is 4.90 Å². The minimum Gasteiger partial charge on any atom is -0.341 e. The molecule has 2 aliphatic heterocycles. The molecule has 7 heteroatoms. The molecule has 3 aliphatic rings. The number of piperidine rings is 1. The molecule has 0 bridgehead atoms. The minimum atomic E-state index is 0.0421. The lowest BCUT2D eigenvalue weighted by molar-refractivity contribution is -0.133. The van der Waals surface area contributed by atoms with E-state index in [-0.39, 0.29) is 5.56 Å². The second kappa shape index (κ2) is 8.52. The van der Waals surface area contributed by atoms with Crippen molar-refractivity contribution in [3.05, 3.63) is 27.7 Å². The first kappa shape index (κ1) is 18.6. The van der Waals surface area contributed by atoms with Crippen LogP contribution in [0.3, 0.4) is 0 Å². The van der Waals surface area contributed by atoms with Crippen molar-refractivity contribution in [2.75, 3.05) is 52.4 Å². The molecule has 27 heavy (non-hydrogen) atoms. The van der Waals surface area contributed by atoms with Crippen molar-refractivity contribution in [1.82, 2.24) is 24.5 Å². The highest BCUT2D eigenvalue weighted by Gasteiger charge is 2.21. The van der Waals surface area contributed by atoms with Crippen LogP contribution in [-0.4, -0.2) is 82.7 Å². The molecule has 0 saturated carbocycles. The Morgan fingerprint density at radius 3 is 2.26 bits per heavy atom.